The Morgan fingerprint density at radius 3 is 2.74 bits per heavy atom. The van der Waals surface area contributed by atoms with Crippen molar-refractivity contribution < 1.29 is 19.1 Å². The third-order valence-electron chi connectivity index (χ3n) is 2.24. The topological polar surface area (TPSA) is 65.0 Å². The predicted octanol–water partition coefficient (Wildman–Crippen LogP) is 2.69. The van der Waals surface area contributed by atoms with E-state index in [-0.39, 0.29) is 5.70 Å². The van der Waals surface area contributed by atoms with Crippen molar-refractivity contribution in [3.63, 3.8) is 0 Å². The second kappa shape index (κ2) is 5.36. The highest BCUT2D eigenvalue weighted by Gasteiger charge is 2.19. The summed E-state index contributed by atoms with van der Waals surface area (Å²) in [7, 11) is 0. The summed E-state index contributed by atoms with van der Waals surface area (Å²) in [6.45, 7) is 2.94. The molecule has 1 aromatic carbocycles. The molecule has 6 heteroatoms. The minimum atomic E-state index is -0.474. The molecular formula is C13H10BrNO4. The fourth-order valence-electron chi connectivity index (χ4n) is 1.52. The number of aliphatic imine (C=N–C) groups is 1. The first kappa shape index (κ1) is 13.5. The molecule has 0 saturated heterocycles. The normalized spacial score (nSPS) is 16.3. The first-order chi connectivity index (χ1) is 8.95. The van der Waals surface area contributed by atoms with Crippen molar-refractivity contribution in [2.75, 3.05) is 0 Å². The van der Waals surface area contributed by atoms with Gasteiger partial charge in [-0.1, -0.05) is 6.07 Å². The van der Waals surface area contributed by atoms with Crippen LogP contribution in [-0.4, -0.2) is 17.8 Å². The maximum Gasteiger partial charge on any atom is 0.363 e. The molecule has 0 spiro atoms. The summed E-state index contributed by atoms with van der Waals surface area (Å²) in [4.78, 5) is 26.2. The molecular weight excluding hydrogens is 314 g/mol. The van der Waals surface area contributed by atoms with Gasteiger partial charge >= 0.3 is 11.9 Å². The van der Waals surface area contributed by atoms with E-state index in [4.69, 9.17) is 9.47 Å². The lowest BCUT2D eigenvalue weighted by molar-refractivity contribution is -0.132. The van der Waals surface area contributed by atoms with Crippen LogP contribution in [0.1, 0.15) is 19.4 Å². The van der Waals surface area contributed by atoms with Crippen LogP contribution in [0.4, 0.5) is 0 Å². The maximum absolute atomic E-state index is 11.4. The van der Waals surface area contributed by atoms with Gasteiger partial charge in [-0.25, -0.2) is 9.79 Å². The van der Waals surface area contributed by atoms with Crippen LogP contribution in [0.2, 0.25) is 0 Å². The van der Waals surface area contributed by atoms with E-state index in [1.165, 1.54) is 6.92 Å². The predicted molar refractivity (Wildman–Crippen MR) is 72.6 cm³/mol. The third kappa shape index (κ3) is 3.29. The largest absolute Gasteiger partial charge is 0.426 e. The second-order valence-electron chi connectivity index (χ2n) is 3.83. The van der Waals surface area contributed by atoms with Gasteiger partial charge < -0.3 is 9.47 Å². The van der Waals surface area contributed by atoms with Gasteiger partial charge in [-0.05, 0) is 39.7 Å². The van der Waals surface area contributed by atoms with E-state index in [2.05, 4.69) is 20.9 Å². The smallest absolute Gasteiger partial charge is 0.363 e. The fraction of sp³-hybridized carbons (Fsp3) is 0.154. The van der Waals surface area contributed by atoms with Gasteiger partial charge in [0.05, 0.1) is 4.47 Å². The molecule has 0 atom stereocenters. The van der Waals surface area contributed by atoms with Crippen LogP contribution in [0.25, 0.3) is 6.08 Å². The van der Waals surface area contributed by atoms with E-state index in [1.54, 1.807) is 31.2 Å². The van der Waals surface area contributed by atoms with Gasteiger partial charge in [0.15, 0.2) is 11.6 Å². The highest BCUT2D eigenvalue weighted by atomic mass is 79.9. The standard InChI is InChI=1S/C13H10BrNO4/c1-7-15-11(13(17)18-7)6-9-3-4-12(10(14)5-9)19-8(2)16/h3-6H,1-2H3. The molecule has 0 bridgehead atoms. The molecule has 0 aliphatic carbocycles. The summed E-state index contributed by atoms with van der Waals surface area (Å²) < 4.78 is 10.4. The van der Waals surface area contributed by atoms with E-state index in [0.29, 0.717) is 16.1 Å². The van der Waals surface area contributed by atoms with Crippen LogP contribution >= 0.6 is 15.9 Å². The molecule has 0 saturated carbocycles. The third-order valence-corrected chi connectivity index (χ3v) is 2.86. The van der Waals surface area contributed by atoms with Crippen molar-refractivity contribution in [2.24, 2.45) is 4.99 Å². The number of cyclic esters (lactones) is 1. The highest BCUT2D eigenvalue weighted by molar-refractivity contribution is 9.10. The van der Waals surface area contributed by atoms with E-state index in [1.807, 2.05) is 0 Å². The fourth-order valence-corrected chi connectivity index (χ4v) is 2.00. The van der Waals surface area contributed by atoms with Gasteiger partial charge in [0, 0.05) is 13.8 Å². The molecule has 2 rings (SSSR count). The molecule has 0 aromatic heterocycles. The number of halogens is 1. The monoisotopic (exact) mass is 323 g/mol. The average molecular weight is 324 g/mol. The Hall–Kier alpha value is -1.95. The number of hydrogen-bond donors (Lipinski definition) is 0. The molecule has 0 fully saturated rings. The minimum absolute atomic E-state index is 0.240. The van der Waals surface area contributed by atoms with Gasteiger partial charge in [0.2, 0.25) is 0 Å². The van der Waals surface area contributed by atoms with E-state index < -0.39 is 11.9 Å². The molecule has 98 valence electrons. The molecule has 0 unspecified atom stereocenters. The molecule has 1 heterocycles. The molecule has 19 heavy (non-hydrogen) atoms. The number of rotatable bonds is 2. The van der Waals surface area contributed by atoms with Crippen molar-refractivity contribution in [3.8, 4) is 5.75 Å². The lowest BCUT2D eigenvalue weighted by Crippen LogP contribution is -2.02. The number of carbonyl (C=O) groups is 2. The van der Waals surface area contributed by atoms with Crippen molar-refractivity contribution in [1.29, 1.82) is 0 Å². The Balaban J connectivity index is 2.28. The number of ether oxygens (including phenoxy) is 2. The molecule has 0 radical (unpaired) electrons. The number of hydrogen-bond acceptors (Lipinski definition) is 5. The Morgan fingerprint density at radius 2 is 2.21 bits per heavy atom. The Kier molecular flexibility index (Phi) is 3.80. The van der Waals surface area contributed by atoms with Crippen molar-refractivity contribution in [3.05, 3.63) is 33.9 Å². The zero-order chi connectivity index (χ0) is 14.0. The second-order valence-corrected chi connectivity index (χ2v) is 4.69. The Labute approximate surface area is 118 Å². The minimum Gasteiger partial charge on any atom is -0.426 e. The summed E-state index contributed by atoms with van der Waals surface area (Å²) in [5, 5.41) is 0. The summed E-state index contributed by atoms with van der Waals surface area (Å²) in [6.07, 6.45) is 1.60. The van der Waals surface area contributed by atoms with Crippen molar-refractivity contribution >= 4 is 39.8 Å². The maximum atomic E-state index is 11.4. The lowest BCUT2D eigenvalue weighted by Gasteiger charge is -2.04. The van der Waals surface area contributed by atoms with Gasteiger partial charge in [-0.15, -0.1) is 0 Å². The molecule has 1 aromatic rings. The zero-order valence-electron chi connectivity index (χ0n) is 10.3. The van der Waals surface area contributed by atoms with Crippen LogP contribution in [-0.2, 0) is 14.3 Å². The van der Waals surface area contributed by atoms with Crippen LogP contribution < -0.4 is 4.74 Å². The van der Waals surface area contributed by atoms with Crippen LogP contribution in [0.15, 0.2) is 33.4 Å². The molecule has 1 aliphatic heterocycles. The highest BCUT2D eigenvalue weighted by Crippen LogP contribution is 2.27. The van der Waals surface area contributed by atoms with E-state index in [0.717, 1.165) is 5.56 Å². The lowest BCUT2D eigenvalue weighted by atomic mass is 10.2. The van der Waals surface area contributed by atoms with Crippen LogP contribution in [0, 0.1) is 0 Å². The van der Waals surface area contributed by atoms with Crippen molar-refractivity contribution in [2.45, 2.75) is 13.8 Å². The average Bonchev–Trinajstić information content (AvgIpc) is 2.61. The number of carbonyl (C=O) groups excluding carboxylic acids is 2. The summed E-state index contributed by atoms with van der Waals surface area (Å²) in [5.41, 5.74) is 0.984. The molecule has 0 amide bonds. The quantitative estimate of drug-likeness (QED) is 0.477. The van der Waals surface area contributed by atoms with Crippen LogP contribution in [0.5, 0.6) is 5.75 Å². The van der Waals surface area contributed by atoms with Gasteiger partial charge in [0.1, 0.15) is 5.75 Å². The Morgan fingerprint density at radius 1 is 1.47 bits per heavy atom. The number of benzene rings is 1. The van der Waals surface area contributed by atoms with Crippen molar-refractivity contribution in [1.82, 2.24) is 0 Å². The molecule has 1 aliphatic rings. The zero-order valence-corrected chi connectivity index (χ0v) is 11.9. The SMILES string of the molecule is CC(=O)Oc1ccc(C=C2N=C(C)OC2=O)cc1Br. The molecule has 0 N–H and O–H groups in total. The van der Waals surface area contributed by atoms with Gasteiger partial charge in [-0.2, -0.15) is 0 Å². The number of esters is 2. The van der Waals surface area contributed by atoms with Gasteiger partial charge in [0.25, 0.3) is 0 Å². The number of nitrogens with zero attached hydrogens (tertiary/aromatic N) is 1. The first-order valence-corrected chi connectivity index (χ1v) is 6.22. The Bertz CT molecular complexity index is 619. The summed E-state index contributed by atoms with van der Waals surface area (Å²) in [6, 6.07) is 5.07. The molecule has 5 nitrogen and oxygen atoms in total. The summed E-state index contributed by atoms with van der Waals surface area (Å²) in [5.74, 6) is -0.126. The first-order valence-electron chi connectivity index (χ1n) is 5.43. The van der Waals surface area contributed by atoms with E-state index in [9.17, 15) is 9.59 Å². The van der Waals surface area contributed by atoms with E-state index >= 15 is 0 Å². The van der Waals surface area contributed by atoms with Gasteiger partial charge in [-0.3, -0.25) is 4.79 Å². The summed E-state index contributed by atoms with van der Waals surface area (Å²) >= 11 is 3.29. The van der Waals surface area contributed by atoms with Crippen LogP contribution in [0.3, 0.4) is 0 Å².